The molecule has 1 fully saturated rings. The average Bonchev–Trinajstić information content (AvgIpc) is 2.37. The van der Waals surface area contributed by atoms with E-state index in [2.05, 4.69) is 15.9 Å². The Balaban J connectivity index is 2.33. The van der Waals surface area contributed by atoms with Crippen molar-refractivity contribution in [2.45, 2.75) is 25.8 Å². The van der Waals surface area contributed by atoms with Crippen molar-refractivity contribution in [3.63, 3.8) is 0 Å². The van der Waals surface area contributed by atoms with Crippen LogP contribution in [0.2, 0.25) is 0 Å². The van der Waals surface area contributed by atoms with E-state index in [1.807, 2.05) is 6.92 Å². The lowest BCUT2D eigenvalue weighted by molar-refractivity contribution is -0.145. The molecule has 1 aromatic carbocycles. The highest BCUT2D eigenvalue weighted by Gasteiger charge is 2.37. The Morgan fingerprint density at radius 1 is 1.45 bits per heavy atom. The van der Waals surface area contributed by atoms with Crippen LogP contribution in [0.15, 0.2) is 22.7 Å². The van der Waals surface area contributed by atoms with Crippen LogP contribution in [0, 0.1) is 11.7 Å². The first-order valence-electron chi connectivity index (χ1n) is 6.40. The monoisotopic (exact) mass is 343 g/mol. The van der Waals surface area contributed by atoms with Gasteiger partial charge in [-0.1, -0.05) is 6.92 Å². The van der Waals surface area contributed by atoms with E-state index < -0.39 is 17.8 Å². The van der Waals surface area contributed by atoms with Crippen molar-refractivity contribution in [3.05, 3.63) is 34.1 Å². The number of carbonyl (C=O) groups is 2. The van der Waals surface area contributed by atoms with Gasteiger partial charge in [0.25, 0.3) is 5.91 Å². The molecule has 1 aliphatic heterocycles. The molecule has 108 valence electrons. The van der Waals surface area contributed by atoms with Gasteiger partial charge in [-0.15, -0.1) is 0 Å². The average molecular weight is 344 g/mol. The minimum atomic E-state index is -0.996. The van der Waals surface area contributed by atoms with E-state index in [0.29, 0.717) is 11.0 Å². The van der Waals surface area contributed by atoms with E-state index in [1.54, 1.807) is 0 Å². The van der Waals surface area contributed by atoms with Crippen molar-refractivity contribution < 1.29 is 19.1 Å². The van der Waals surface area contributed by atoms with Gasteiger partial charge in [0.1, 0.15) is 11.9 Å². The lowest BCUT2D eigenvalue weighted by atomic mass is 9.90. The molecule has 0 aliphatic carbocycles. The fourth-order valence-electron chi connectivity index (χ4n) is 2.61. The number of carbonyl (C=O) groups excluding carboxylic acids is 1. The zero-order chi connectivity index (χ0) is 14.9. The van der Waals surface area contributed by atoms with Gasteiger partial charge in [-0.3, -0.25) is 4.79 Å². The van der Waals surface area contributed by atoms with Crippen molar-refractivity contribution in [2.24, 2.45) is 5.92 Å². The van der Waals surface area contributed by atoms with Crippen LogP contribution in [0.5, 0.6) is 0 Å². The molecule has 0 aromatic heterocycles. The summed E-state index contributed by atoms with van der Waals surface area (Å²) in [5.74, 6) is -1.92. The number of rotatable bonds is 2. The summed E-state index contributed by atoms with van der Waals surface area (Å²) in [6, 6.07) is 2.95. The number of likely N-dealkylation sites (tertiary alicyclic amines) is 1. The van der Waals surface area contributed by atoms with Crippen molar-refractivity contribution in [2.75, 3.05) is 6.54 Å². The molecule has 20 heavy (non-hydrogen) atoms. The highest BCUT2D eigenvalue weighted by atomic mass is 79.9. The van der Waals surface area contributed by atoms with Gasteiger partial charge in [0.15, 0.2) is 0 Å². The second-order valence-corrected chi connectivity index (χ2v) is 5.88. The maximum atomic E-state index is 13.1. The first-order valence-corrected chi connectivity index (χ1v) is 7.20. The molecule has 6 heteroatoms. The molecular formula is C14H15BrFNO3. The summed E-state index contributed by atoms with van der Waals surface area (Å²) < 4.78 is 13.4. The summed E-state index contributed by atoms with van der Waals surface area (Å²) in [4.78, 5) is 25.3. The third kappa shape index (κ3) is 2.85. The number of carboxylic acids is 1. The Kier molecular flexibility index (Phi) is 4.42. The minimum Gasteiger partial charge on any atom is -0.480 e. The van der Waals surface area contributed by atoms with E-state index in [0.717, 1.165) is 12.8 Å². The minimum absolute atomic E-state index is 0.0931. The molecule has 4 nitrogen and oxygen atoms in total. The molecule has 2 rings (SSSR count). The van der Waals surface area contributed by atoms with Crippen molar-refractivity contribution >= 4 is 27.8 Å². The summed E-state index contributed by atoms with van der Waals surface area (Å²) in [6.07, 6.45) is 1.56. The molecule has 1 saturated heterocycles. The maximum Gasteiger partial charge on any atom is 0.326 e. The number of hydrogen-bond donors (Lipinski definition) is 1. The number of carboxylic acid groups (broad SMARTS) is 1. The quantitative estimate of drug-likeness (QED) is 0.898. The third-order valence-electron chi connectivity index (χ3n) is 3.61. The Hall–Kier alpha value is -1.43. The van der Waals surface area contributed by atoms with E-state index in [-0.39, 0.29) is 17.4 Å². The number of benzene rings is 1. The Labute approximate surface area is 124 Å². The summed E-state index contributed by atoms with van der Waals surface area (Å²) in [6.45, 7) is 2.24. The maximum absolute atomic E-state index is 13.1. The second-order valence-electron chi connectivity index (χ2n) is 5.03. The number of nitrogens with zero attached hydrogens (tertiary/aromatic N) is 1. The molecule has 2 unspecified atom stereocenters. The van der Waals surface area contributed by atoms with Gasteiger partial charge in [0, 0.05) is 11.0 Å². The molecule has 0 radical (unpaired) electrons. The third-order valence-corrected chi connectivity index (χ3v) is 4.26. The highest BCUT2D eigenvalue weighted by molar-refractivity contribution is 9.10. The predicted octanol–water partition coefficient (Wildman–Crippen LogP) is 2.91. The molecule has 0 spiro atoms. The standard InChI is InChI=1S/C14H15BrFNO3/c1-8-3-2-6-17(12(8)14(19)20)13(18)10-5-4-9(16)7-11(10)15/h4-5,7-8,12H,2-3,6H2,1H3,(H,19,20). The van der Waals surface area contributed by atoms with Gasteiger partial charge < -0.3 is 10.0 Å². The van der Waals surface area contributed by atoms with Crippen LogP contribution in [0.25, 0.3) is 0 Å². The van der Waals surface area contributed by atoms with Gasteiger partial charge in [0.2, 0.25) is 0 Å². The van der Waals surface area contributed by atoms with Gasteiger partial charge >= 0.3 is 5.97 Å². The fraction of sp³-hybridized carbons (Fsp3) is 0.429. The van der Waals surface area contributed by atoms with Crippen molar-refractivity contribution in [1.29, 1.82) is 0 Å². The Morgan fingerprint density at radius 2 is 2.15 bits per heavy atom. The fourth-order valence-corrected chi connectivity index (χ4v) is 3.13. The number of hydrogen-bond acceptors (Lipinski definition) is 2. The molecule has 1 heterocycles. The van der Waals surface area contributed by atoms with E-state index in [1.165, 1.54) is 23.1 Å². The van der Waals surface area contributed by atoms with E-state index >= 15 is 0 Å². The first kappa shape index (κ1) is 15.0. The number of halogens is 2. The van der Waals surface area contributed by atoms with Gasteiger partial charge in [-0.25, -0.2) is 9.18 Å². The van der Waals surface area contributed by atoms with Gasteiger partial charge in [0.05, 0.1) is 5.56 Å². The Bertz CT molecular complexity index is 549. The van der Waals surface area contributed by atoms with Crippen LogP contribution in [-0.2, 0) is 4.79 Å². The van der Waals surface area contributed by atoms with Crippen LogP contribution in [-0.4, -0.2) is 34.5 Å². The number of aliphatic carboxylic acids is 1. The molecule has 1 amide bonds. The Morgan fingerprint density at radius 3 is 2.75 bits per heavy atom. The zero-order valence-corrected chi connectivity index (χ0v) is 12.6. The number of amides is 1. The molecule has 0 saturated carbocycles. The summed E-state index contributed by atoms with van der Waals surface area (Å²) >= 11 is 3.15. The van der Waals surface area contributed by atoms with Crippen LogP contribution >= 0.6 is 15.9 Å². The molecule has 2 atom stereocenters. The summed E-state index contributed by atoms with van der Waals surface area (Å²) in [5, 5.41) is 9.32. The number of piperidine rings is 1. The lowest BCUT2D eigenvalue weighted by Crippen LogP contribution is -2.52. The van der Waals surface area contributed by atoms with E-state index in [4.69, 9.17) is 0 Å². The van der Waals surface area contributed by atoms with Crippen LogP contribution in [0.3, 0.4) is 0 Å². The lowest BCUT2D eigenvalue weighted by Gasteiger charge is -2.37. The normalized spacial score (nSPS) is 22.6. The summed E-state index contributed by atoms with van der Waals surface area (Å²) in [5.41, 5.74) is 0.284. The van der Waals surface area contributed by atoms with Crippen molar-refractivity contribution in [3.8, 4) is 0 Å². The first-order chi connectivity index (χ1) is 9.41. The molecule has 0 bridgehead atoms. The highest BCUT2D eigenvalue weighted by Crippen LogP contribution is 2.27. The van der Waals surface area contributed by atoms with E-state index in [9.17, 15) is 19.1 Å². The van der Waals surface area contributed by atoms with Crippen LogP contribution < -0.4 is 0 Å². The second kappa shape index (κ2) is 5.91. The molecular weight excluding hydrogens is 329 g/mol. The molecule has 1 aliphatic rings. The van der Waals surface area contributed by atoms with Crippen LogP contribution in [0.1, 0.15) is 30.1 Å². The largest absolute Gasteiger partial charge is 0.480 e. The zero-order valence-electron chi connectivity index (χ0n) is 11.0. The smallest absolute Gasteiger partial charge is 0.326 e. The SMILES string of the molecule is CC1CCCN(C(=O)c2ccc(F)cc2Br)C1C(=O)O. The molecule has 1 N–H and O–H groups in total. The van der Waals surface area contributed by atoms with Gasteiger partial charge in [-0.2, -0.15) is 0 Å². The summed E-state index contributed by atoms with van der Waals surface area (Å²) in [7, 11) is 0. The predicted molar refractivity (Wildman–Crippen MR) is 75.0 cm³/mol. The van der Waals surface area contributed by atoms with Crippen LogP contribution in [0.4, 0.5) is 4.39 Å². The van der Waals surface area contributed by atoms with Gasteiger partial charge in [-0.05, 0) is 52.9 Å². The molecule has 1 aromatic rings. The van der Waals surface area contributed by atoms with Crippen molar-refractivity contribution in [1.82, 2.24) is 4.90 Å². The topological polar surface area (TPSA) is 57.6 Å².